The van der Waals surface area contributed by atoms with E-state index in [1.54, 1.807) is 0 Å². The third-order valence-corrected chi connectivity index (χ3v) is 24.6. The first kappa shape index (κ1) is 82.0. The van der Waals surface area contributed by atoms with E-state index in [4.69, 9.17) is 9.47 Å². The lowest BCUT2D eigenvalue weighted by Crippen LogP contribution is -2.16. The van der Waals surface area contributed by atoms with Gasteiger partial charge in [0.25, 0.3) is 0 Å². The van der Waals surface area contributed by atoms with Crippen LogP contribution in [0.1, 0.15) is 145 Å². The normalized spacial score (nSPS) is 12.0. The minimum Gasteiger partial charge on any atom is -0.494 e. The van der Waals surface area contributed by atoms with Crippen molar-refractivity contribution in [1.82, 2.24) is 0 Å². The predicted octanol–water partition coefficient (Wildman–Crippen LogP) is 34.2. The molecule has 0 fully saturated rings. The van der Waals surface area contributed by atoms with Crippen molar-refractivity contribution in [3.05, 3.63) is 359 Å². The number of nitrogens with zero attached hydrogens (tertiary/aromatic N) is 4. The second-order valence-electron chi connectivity index (χ2n) is 36.1. The van der Waals surface area contributed by atoms with Gasteiger partial charge in [0.1, 0.15) is 11.5 Å². The van der Waals surface area contributed by atoms with Crippen molar-refractivity contribution < 1.29 is 9.47 Å². The molecule has 0 bridgehead atoms. The van der Waals surface area contributed by atoms with Crippen molar-refractivity contribution in [2.75, 3.05) is 32.8 Å². The highest BCUT2D eigenvalue weighted by Gasteiger charge is 2.31. The highest BCUT2D eigenvalue weighted by Crippen LogP contribution is 2.56. The Kier molecular flexibility index (Phi) is 23.4. The van der Waals surface area contributed by atoms with Crippen molar-refractivity contribution in [2.45, 2.75) is 144 Å². The van der Waals surface area contributed by atoms with E-state index >= 15 is 0 Å². The second kappa shape index (κ2) is 34.2. The Bertz CT molecular complexity index is 5610. The molecule has 0 aliphatic rings. The molecule has 0 aliphatic heterocycles. The summed E-state index contributed by atoms with van der Waals surface area (Å²) in [7, 11) is 0. The van der Waals surface area contributed by atoms with Gasteiger partial charge in [-0.3, -0.25) is 0 Å². The van der Waals surface area contributed by atoms with Gasteiger partial charge in [-0.25, -0.2) is 0 Å². The number of benzene rings is 16. The molecule has 0 radical (unpaired) electrons. The van der Waals surface area contributed by atoms with Gasteiger partial charge in [0, 0.05) is 86.8 Å². The van der Waals surface area contributed by atoms with E-state index in [0.29, 0.717) is 13.2 Å². The van der Waals surface area contributed by atoms with Crippen molar-refractivity contribution in [1.29, 1.82) is 0 Å². The van der Waals surface area contributed by atoms with E-state index in [1.807, 2.05) is 0 Å². The molecule has 0 N–H and O–H groups in total. The van der Waals surface area contributed by atoms with Crippen LogP contribution in [-0.2, 0) is 21.7 Å². The molecular formula is C112H108Br2N4O2. The van der Waals surface area contributed by atoms with E-state index in [1.165, 1.54) is 22.3 Å². The van der Waals surface area contributed by atoms with Crippen LogP contribution in [0.3, 0.4) is 0 Å². The van der Waals surface area contributed by atoms with Crippen LogP contribution in [0.4, 0.5) is 68.2 Å². The zero-order valence-electron chi connectivity index (χ0n) is 71.8. The molecule has 602 valence electrons. The van der Waals surface area contributed by atoms with Gasteiger partial charge < -0.3 is 29.1 Å². The molecule has 0 heterocycles. The first-order valence-corrected chi connectivity index (χ1v) is 44.1. The lowest BCUT2D eigenvalue weighted by Gasteiger charge is -2.34. The Morgan fingerprint density at radius 2 is 0.400 bits per heavy atom. The molecule has 0 aromatic heterocycles. The van der Waals surface area contributed by atoms with Crippen LogP contribution in [0.5, 0.6) is 11.5 Å². The molecule has 6 nitrogen and oxygen atoms in total. The summed E-state index contributed by atoms with van der Waals surface area (Å²) >= 11 is 7.77. The lowest BCUT2D eigenvalue weighted by molar-refractivity contribution is 0.309. The summed E-state index contributed by atoms with van der Waals surface area (Å²) < 4.78 is 14.9. The minimum absolute atomic E-state index is 0.0168. The first-order valence-electron chi connectivity index (χ1n) is 42.5. The maximum absolute atomic E-state index is 6.47. The predicted molar refractivity (Wildman–Crippen MR) is 522 cm³/mol. The molecular weight excluding hydrogens is 1590 g/mol. The van der Waals surface area contributed by atoms with Crippen molar-refractivity contribution >= 4 is 132 Å². The van der Waals surface area contributed by atoms with E-state index in [0.717, 1.165) is 191 Å². The first-order chi connectivity index (χ1) is 57.7. The number of hydrogen-bond donors (Lipinski definition) is 0. The van der Waals surface area contributed by atoms with E-state index in [2.05, 4.69) is 476 Å². The summed E-state index contributed by atoms with van der Waals surface area (Å²) in [4.78, 5) is 9.91. The van der Waals surface area contributed by atoms with E-state index in [9.17, 15) is 0 Å². The van der Waals surface area contributed by atoms with Crippen LogP contribution in [0.15, 0.2) is 337 Å². The fraction of sp³-hybridized carbons (Fsp3) is 0.214. The quantitative estimate of drug-likeness (QED) is 0.0443. The highest BCUT2D eigenvalue weighted by atomic mass is 79.9. The lowest BCUT2D eigenvalue weighted by atomic mass is 9.86. The number of unbranched alkanes of at least 4 members (excludes halogenated alkanes) is 2. The van der Waals surface area contributed by atoms with Crippen molar-refractivity contribution in [2.24, 2.45) is 0 Å². The Morgan fingerprint density at radius 3 is 0.583 bits per heavy atom. The Balaban J connectivity index is 1.02. The minimum atomic E-state index is 0.0168. The zero-order valence-corrected chi connectivity index (χ0v) is 75.0. The molecule has 0 saturated carbocycles. The van der Waals surface area contributed by atoms with Gasteiger partial charge in [-0.2, -0.15) is 0 Å². The molecule has 0 aliphatic carbocycles. The van der Waals surface area contributed by atoms with E-state index in [-0.39, 0.29) is 21.7 Å². The van der Waals surface area contributed by atoms with Gasteiger partial charge in [-0.05, 0) is 259 Å². The fourth-order valence-electron chi connectivity index (χ4n) is 16.5. The maximum atomic E-state index is 6.47. The average Bonchev–Trinajstić information content (AvgIpc) is 0.698. The molecule has 16 rings (SSSR count). The highest BCUT2D eigenvalue weighted by molar-refractivity contribution is 9.10. The molecule has 120 heavy (non-hydrogen) atoms. The second-order valence-corrected chi connectivity index (χ2v) is 37.9. The van der Waals surface area contributed by atoms with Crippen molar-refractivity contribution in [3.63, 3.8) is 0 Å². The molecule has 0 unspecified atom stereocenters. The largest absolute Gasteiger partial charge is 0.494 e. The van der Waals surface area contributed by atoms with Gasteiger partial charge in [0.2, 0.25) is 0 Å². The third-order valence-electron chi connectivity index (χ3n) is 23.5. The van der Waals surface area contributed by atoms with Crippen molar-refractivity contribution in [3.8, 4) is 56.0 Å². The number of anilines is 12. The summed E-state index contributed by atoms with van der Waals surface area (Å²) in [5.41, 5.74) is 26.5. The molecule has 8 heteroatoms. The standard InChI is InChI=1S/C112H108Br2N4O2/c1-15-17-71-119-97-63-59-95(60-64-97)117(93-55-43-87(113)44-56-93)105-73-103(115(89-47-27-79(28-48-89)75-19-35-83(36-20-75)109(3,4)5)90-49-29-80(30-50-90)76-21-37-84(38-22-76)110(6,7)8)99-68-70-102-106(118(94-57-45-88(114)46-58-94)96-61-65-98(66-62-96)120-72-18-16-2)74-104(100-67-69-101(105)107(99)108(100)102)116(91-51-31-81(32-52-91)77-23-39-85(40-24-77)111(9,10)11)92-53-33-82(34-54-92)78-25-41-86(42-26-78)112(12,13)14/h19-70,73-74H,15-18,71-72H2,1-14H3. The summed E-state index contributed by atoms with van der Waals surface area (Å²) in [6, 6.07) is 123. The van der Waals surface area contributed by atoms with Crippen LogP contribution in [0.25, 0.3) is 76.8 Å². The third kappa shape index (κ3) is 17.4. The van der Waals surface area contributed by atoms with E-state index < -0.39 is 0 Å². The zero-order chi connectivity index (χ0) is 83.8. The smallest absolute Gasteiger partial charge is 0.119 e. The van der Waals surface area contributed by atoms with Crippen LogP contribution < -0.4 is 29.1 Å². The maximum Gasteiger partial charge on any atom is 0.119 e. The summed E-state index contributed by atoms with van der Waals surface area (Å²) in [6.07, 6.45) is 4.02. The number of ether oxygens (including phenoxy) is 2. The summed E-state index contributed by atoms with van der Waals surface area (Å²) in [5, 5.41) is 6.51. The monoisotopic (exact) mass is 1700 g/mol. The van der Waals surface area contributed by atoms with Crippen LogP contribution in [0, 0.1) is 0 Å². The summed E-state index contributed by atoms with van der Waals surface area (Å²) in [5.74, 6) is 1.67. The molecule has 0 amide bonds. The van der Waals surface area contributed by atoms with Gasteiger partial charge in [-0.15, -0.1) is 0 Å². The molecule has 16 aromatic carbocycles. The number of rotatable bonds is 24. The van der Waals surface area contributed by atoms with Gasteiger partial charge in [-0.1, -0.05) is 311 Å². The molecule has 0 saturated heterocycles. The van der Waals surface area contributed by atoms with Crippen LogP contribution in [0.2, 0.25) is 0 Å². The number of hydrogen-bond acceptors (Lipinski definition) is 6. The van der Waals surface area contributed by atoms with Gasteiger partial charge in [0.05, 0.1) is 36.0 Å². The van der Waals surface area contributed by atoms with Gasteiger partial charge in [0.15, 0.2) is 0 Å². The Labute approximate surface area is 728 Å². The SMILES string of the molecule is CCCCOc1ccc(N(c2ccc(Br)cc2)c2cc(N(c3ccc(-c4ccc(C(C)(C)C)cc4)cc3)c3ccc(-c4ccc(C(C)(C)C)cc4)cc3)c3ccc4c(N(c5ccc(Br)cc5)c5ccc(OCCCC)cc5)cc(N(c5ccc(-c6ccc(C(C)(C)C)cc6)cc5)c5ccc(-c6ccc(C(C)(C)C)cc6)cc5)c5ccc2c3c45)cc1. The fourth-order valence-corrected chi connectivity index (χ4v) is 17.0. The topological polar surface area (TPSA) is 31.4 Å². The molecule has 0 atom stereocenters. The average molecular weight is 1700 g/mol. The molecule has 16 aromatic rings. The Hall–Kier alpha value is -11.7. The van der Waals surface area contributed by atoms with Crippen LogP contribution in [-0.4, -0.2) is 13.2 Å². The van der Waals surface area contributed by atoms with Gasteiger partial charge >= 0.3 is 0 Å². The molecule has 0 spiro atoms. The summed E-state index contributed by atoms with van der Waals surface area (Å²) in [6.45, 7) is 33.0. The Morgan fingerprint density at radius 1 is 0.225 bits per heavy atom. The van der Waals surface area contributed by atoms with Crippen LogP contribution >= 0.6 is 31.9 Å². The number of halogens is 2.